The van der Waals surface area contributed by atoms with Gasteiger partial charge in [-0.1, -0.05) is 44.0 Å². The minimum atomic E-state index is 0.596. The molecule has 0 spiro atoms. The first-order valence-corrected chi connectivity index (χ1v) is 6.22. The first kappa shape index (κ1) is 10.7. The van der Waals surface area contributed by atoms with Gasteiger partial charge in [0.05, 0.1) is 0 Å². The van der Waals surface area contributed by atoms with E-state index in [-0.39, 0.29) is 0 Å². The van der Waals surface area contributed by atoms with Crippen molar-refractivity contribution in [2.75, 3.05) is 6.54 Å². The van der Waals surface area contributed by atoms with Gasteiger partial charge in [-0.05, 0) is 36.9 Å². The Morgan fingerprint density at radius 2 is 2.20 bits per heavy atom. The summed E-state index contributed by atoms with van der Waals surface area (Å²) in [5, 5.41) is 3.65. The van der Waals surface area contributed by atoms with Crippen molar-refractivity contribution in [2.45, 2.75) is 45.1 Å². The quantitative estimate of drug-likeness (QED) is 0.776. The summed E-state index contributed by atoms with van der Waals surface area (Å²) in [5.74, 6) is 0. The Labute approximate surface area is 92.9 Å². The molecule has 0 amide bonds. The van der Waals surface area contributed by atoms with Crippen molar-refractivity contribution < 1.29 is 0 Å². The largest absolute Gasteiger partial charge is 0.310 e. The zero-order valence-electron chi connectivity index (χ0n) is 9.63. The molecule has 1 heteroatoms. The van der Waals surface area contributed by atoms with E-state index < -0.39 is 0 Å². The standard InChI is InChI=1S/C14H21N/c1-2-12-7-6-8-13(11-12)14-9-4-3-5-10-15-14/h6-8,11,14-15H,2-5,9-10H2,1H3. The molecule has 1 N–H and O–H groups in total. The van der Waals surface area contributed by atoms with Crippen LogP contribution in [0.1, 0.15) is 49.8 Å². The average Bonchev–Trinajstić information content (AvgIpc) is 2.58. The molecule has 1 atom stereocenters. The maximum absolute atomic E-state index is 3.65. The van der Waals surface area contributed by atoms with Crippen molar-refractivity contribution in [1.29, 1.82) is 0 Å². The van der Waals surface area contributed by atoms with Crippen LogP contribution >= 0.6 is 0 Å². The molecule has 1 saturated heterocycles. The minimum absolute atomic E-state index is 0.596. The molecule has 1 aliphatic rings. The van der Waals surface area contributed by atoms with E-state index in [9.17, 15) is 0 Å². The molecule has 2 rings (SSSR count). The Morgan fingerprint density at radius 1 is 1.27 bits per heavy atom. The Balaban J connectivity index is 2.12. The highest BCUT2D eigenvalue weighted by atomic mass is 14.9. The summed E-state index contributed by atoms with van der Waals surface area (Å²) in [6, 6.07) is 9.64. The van der Waals surface area contributed by atoms with E-state index in [0.29, 0.717) is 6.04 Å². The highest BCUT2D eigenvalue weighted by Gasteiger charge is 2.13. The molecule has 15 heavy (non-hydrogen) atoms. The summed E-state index contributed by atoms with van der Waals surface area (Å²) < 4.78 is 0. The molecular weight excluding hydrogens is 182 g/mol. The van der Waals surface area contributed by atoms with Crippen molar-refractivity contribution in [3.05, 3.63) is 35.4 Å². The SMILES string of the molecule is CCc1cccc(C2CCCCCN2)c1. The summed E-state index contributed by atoms with van der Waals surface area (Å²) in [6.45, 7) is 3.40. The summed E-state index contributed by atoms with van der Waals surface area (Å²) >= 11 is 0. The van der Waals surface area contributed by atoms with Crippen LogP contribution in [-0.2, 0) is 6.42 Å². The molecule has 0 aromatic heterocycles. The lowest BCUT2D eigenvalue weighted by molar-refractivity contribution is 0.534. The maximum atomic E-state index is 3.65. The van der Waals surface area contributed by atoms with Gasteiger partial charge >= 0.3 is 0 Å². The van der Waals surface area contributed by atoms with Crippen molar-refractivity contribution >= 4 is 0 Å². The van der Waals surface area contributed by atoms with Crippen LogP contribution < -0.4 is 5.32 Å². The van der Waals surface area contributed by atoms with E-state index >= 15 is 0 Å². The highest BCUT2D eigenvalue weighted by Crippen LogP contribution is 2.23. The van der Waals surface area contributed by atoms with Crippen LogP contribution in [0, 0.1) is 0 Å². The van der Waals surface area contributed by atoms with Gasteiger partial charge in [0.1, 0.15) is 0 Å². The summed E-state index contributed by atoms with van der Waals surface area (Å²) in [6.07, 6.45) is 6.53. The van der Waals surface area contributed by atoms with E-state index in [2.05, 4.69) is 36.5 Å². The van der Waals surface area contributed by atoms with E-state index in [1.807, 2.05) is 0 Å². The number of hydrogen-bond donors (Lipinski definition) is 1. The zero-order valence-corrected chi connectivity index (χ0v) is 9.63. The first-order valence-electron chi connectivity index (χ1n) is 6.22. The molecule has 0 bridgehead atoms. The topological polar surface area (TPSA) is 12.0 Å². The minimum Gasteiger partial charge on any atom is -0.310 e. The van der Waals surface area contributed by atoms with E-state index in [4.69, 9.17) is 0 Å². The second kappa shape index (κ2) is 5.32. The second-order valence-electron chi connectivity index (χ2n) is 4.45. The Morgan fingerprint density at radius 3 is 3.07 bits per heavy atom. The van der Waals surface area contributed by atoms with Crippen molar-refractivity contribution in [3.8, 4) is 0 Å². The van der Waals surface area contributed by atoms with Crippen molar-refractivity contribution in [1.82, 2.24) is 5.32 Å². The lowest BCUT2D eigenvalue weighted by atomic mass is 9.99. The zero-order chi connectivity index (χ0) is 10.5. The first-order chi connectivity index (χ1) is 7.40. The molecule has 1 nitrogen and oxygen atoms in total. The third kappa shape index (κ3) is 2.82. The van der Waals surface area contributed by atoms with E-state index in [0.717, 1.165) is 6.42 Å². The number of benzene rings is 1. The van der Waals surface area contributed by atoms with Gasteiger partial charge in [-0.3, -0.25) is 0 Å². The molecule has 1 aliphatic heterocycles. The summed E-state index contributed by atoms with van der Waals surface area (Å²) in [5.41, 5.74) is 2.94. The third-order valence-electron chi connectivity index (χ3n) is 3.32. The van der Waals surface area contributed by atoms with E-state index in [1.165, 1.54) is 43.4 Å². The van der Waals surface area contributed by atoms with Crippen LogP contribution in [0.15, 0.2) is 24.3 Å². The van der Waals surface area contributed by atoms with Crippen LogP contribution in [0.5, 0.6) is 0 Å². The van der Waals surface area contributed by atoms with Crippen LogP contribution in [-0.4, -0.2) is 6.54 Å². The average molecular weight is 203 g/mol. The van der Waals surface area contributed by atoms with Crippen molar-refractivity contribution in [2.24, 2.45) is 0 Å². The maximum Gasteiger partial charge on any atom is 0.0320 e. The van der Waals surface area contributed by atoms with Gasteiger partial charge in [-0.2, -0.15) is 0 Å². The molecule has 1 heterocycles. The molecule has 1 aromatic carbocycles. The number of hydrogen-bond acceptors (Lipinski definition) is 1. The molecule has 1 unspecified atom stereocenters. The Kier molecular flexibility index (Phi) is 3.79. The lowest BCUT2D eigenvalue weighted by Crippen LogP contribution is -2.20. The molecule has 1 aromatic rings. The van der Waals surface area contributed by atoms with Gasteiger partial charge in [0, 0.05) is 6.04 Å². The molecule has 82 valence electrons. The molecule has 1 fully saturated rings. The van der Waals surface area contributed by atoms with E-state index in [1.54, 1.807) is 0 Å². The number of nitrogens with one attached hydrogen (secondary N) is 1. The van der Waals surface area contributed by atoms with Gasteiger partial charge in [-0.25, -0.2) is 0 Å². The van der Waals surface area contributed by atoms with Gasteiger partial charge in [0.25, 0.3) is 0 Å². The normalized spacial score (nSPS) is 22.3. The van der Waals surface area contributed by atoms with Crippen LogP contribution in [0.25, 0.3) is 0 Å². The predicted octanol–water partition coefficient (Wildman–Crippen LogP) is 3.45. The van der Waals surface area contributed by atoms with Crippen molar-refractivity contribution in [3.63, 3.8) is 0 Å². The fourth-order valence-corrected chi connectivity index (χ4v) is 2.34. The number of aryl methyl sites for hydroxylation is 1. The van der Waals surface area contributed by atoms with Gasteiger partial charge < -0.3 is 5.32 Å². The highest BCUT2D eigenvalue weighted by molar-refractivity contribution is 5.26. The van der Waals surface area contributed by atoms with Crippen LogP contribution in [0.2, 0.25) is 0 Å². The van der Waals surface area contributed by atoms with Gasteiger partial charge in [0.15, 0.2) is 0 Å². The van der Waals surface area contributed by atoms with Gasteiger partial charge in [0.2, 0.25) is 0 Å². The smallest absolute Gasteiger partial charge is 0.0320 e. The molecule has 0 saturated carbocycles. The summed E-state index contributed by atoms with van der Waals surface area (Å²) in [7, 11) is 0. The fourth-order valence-electron chi connectivity index (χ4n) is 2.34. The lowest BCUT2D eigenvalue weighted by Gasteiger charge is -2.16. The summed E-state index contributed by atoms with van der Waals surface area (Å²) in [4.78, 5) is 0. The molecule has 0 aliphatic carbocycles. The number of rotatable bonds is 2. The molecule has 0 radical (unpaired) electrons. The fraction of sp³-hybridized carbons (Fsp3) is 0.571. The Hall–Kier alpha value is -0.820. The van der Waals surface area contributed by atoms with Gasteiger partial charge in [-0.15, -0.1) is 0 Å². The predicted molar refractivity (Wildman–Crippen MR) is 65.0 cm³/mol. The Bertz CT molecular complexity index is 298. The molecular formula is C14H21N. The van der Waals surface area contributed by atoms with Crippen LogP contribution in [0.3, 0.4) is 0 Å². The monoisotopic (exact) mass is 203 g/mol. The van der Waals surface area contributed by atoms with Crippen LogP contribution in [0.4, 0.5) is 0 Å². The third-order valence-corrected chi connectivity index (χ3v) is 3.32. The second-order valence-corrected chi connectivity index (χ2v) is 4.45.